The fourth-order valence-corrected chi connectivity index (χ4v) is 2.64. The molecule has 0 radical (unpaired) electrons. The number of nitrogens with one attached hydrogen (secondary N) is 1. The highest BCUT2D eigenvalue weighted by Crippen LogP contribution is 2.35. The smallest absolute Gasteiger partial charge is 0.243 e. The van der Waals surface area contributed by atoms with Gasteiger partial charge in [-0.05, 0) is 25.1 Å². The average molecular weight is 341 g/mol. The van der Waals surface area contributed by atoms with Gasteiger partial charge < -0.3 is 19.3 Å². The lowest BCUT2D eigenvalue weighted by Crippen LogP contribution is -2.18. The van der Waals surface area contributed by atoms with Gasteiger partial charge in [0.25, 0.3) is 0 Å². The van der Waals surface area contributed by atoms with E-state index in [0.29, 0.717) is 23.8 Å². The summed E-state index contributed by atoms with van der Waals surface area (Å²) in [5.41, 5.74) is 1.57. The lowest BCUT2D eigenvalue weighted by molar-refractivity contribution is 0.173. The van der Waals surface area contributed by atoms with E-state index in [1.165, 1.54) is 12.1 Å². The number of para-hydroxylation sites is 1. The van der Waals surface area contributed by atoms with Crippen LogP contribution in [0.1, 0.15) is 24.4 Å². The van der Waals surface area contributed by atoms with Crippen LogP contribution in [-0.2, 0) is 6.54 Å². The maximum atomic E-state index is 13.3. The molecule has 3 aromatic rings. The van der Waals surface area contributed by atoms with E-state index in [0.717, 1.165) is 17.1 Å². The van der Waals surface area contributed by atoms with Crippen molar-refractivity contribution in [3.8, 4) is 22.9 Å². The van der Waals surface area contributed by atoms with Gasteiger partial charge in [-0.1, -0.05) is 29.4 Å². The summed E-state index contributed by atoms with van der Waals surface area (Å²) in [6.07, 6.45) is 0. The number of aromatic nitrogens is 2. The molecule has 0 bridgehead atoms. The highest BCUT2D eigenvalue weighted by atomic mass is 19.1. The Morgan fingerprint density at radius 3 is 2.96 bits per heavy atom. The standard InChI is InChI=1S/C18H16FN3O3/c1-11(20-9-13-5-3-7-15-16(13)24-10-23-15)18-21-17(22-25-18)12-4-2-6-14(19)8-12/h2-8,11,20H,9-10H2,1H3/t11-/m0/s1. The van der Waals surface area contributed by atoms with Gasteiger partial charge in [-0.25, -0.2) is 4.39 Å². The second-order valence-corrected chi connectivity index (χ2v) is 5.72. The van der Waals surface area contributed by atoms with Gasteiger partial charge in [-0.3, -0.25) is 0 Å². The van der Waals surface area contributed by atoms with Gasteiger partial charge in [-0.15, -0.1) is 0 Å². The molecule has 1 aromatic heterocycles. The minimum absolute atomic E-state index is 0.173. The van der Waals surface area contributed by atoms with E-state index in [4.69, 9.17) is 14.0 Å². The van der Waals surface area contributed by atoms with Crippen LogP contribution in [0.2, 0.25) is 0 Å². The number of fused-ring (bicyclic) bond motifs is 1. The quantitative estimate of drug-likeness (QED) is 0.766. The van der Waals surface area contributed by atoms with Gasteiger partial charge in [-0.2, -0.15) is 4.98 Å². The van der Waals surface area contributed by atoms with Crippen LogP contribution in [0.25, 0.3) is 11.4 Å². The Balaban J connectivity index is 1.46. The van der Waals surface area contributed by atoms with Crippen molar-refractivity contribution in [1.82, 2.24) is 15.5 Å². The number of rotatable bonds is 5. The summed E-state index contributed by atoms with van der Waals surface area (Å²) in [7, 11) is 0. The Labute approximate surface area is 143 Å². The molecule has 128 valence electrons. The maximum Gasteiger partial charge on any atom is 0.243 e. The molecule has 0 fully saturated rings. The molecule has 0 saturated heterocycles. The third-order valence-electron chi connectivity index (χ3n) is 3.97. The van der Waals surface area contributed by atoms with Crippen molar-refractivity contribution in [3.63, 3.8) is 0 Å². The molecule has 0 saturated carbocycles. The monoisotopic (exact) mass is 341 g/mol. The molecule has 2 heterocycles. The number of hydrogen-bond acceptors (Lipinski definition) is 6. The summed E-state index contributed by atoms with van der Waals surface area (Å²) in [5.74, 6) is 1.96. The molecule has 0 unspecified atom stereocenters. The largest absolute Gasteiger partial charge is 0.454 e. The van der Waals surface area contributed by atoms with Gasteiger partial charge in [0, 0.05) is 17.7 Å². The van der Waals surface area contributed by atoms with Crippen molar-refractivity contribution < 1.29 is 18.4 Å². The van der Waals surface area contributed by atoms with Crippen LogP contribution in [0, 0.1) is 5.82 Å². The lowest BCUT2D eigenvalue weighted by atomic mass is 10.1. The Morgan fingerprint density at radius 1 is 1.20 bits per heavy atom. The minimum atomic E-state index is -0.338. The SMILES string of the molecule is C[C@H](NCc1cccc2c1OCO2)c1nc(-c2cccc(F)c2)no1. The average Bonchev–Trinajstić information content (AvgIpc) is 3.29. The predicted molar refractivity (Wildman–Crippen MR) is 87.5 cm³/mol. The highest BCUT2D eigenvalue weighted by Gasteiger charge is 2.19. The zero-order valence-corrected chi connectivity index (χ0v) is 13.5. The van der Waals surface area contributed by atoms with E-state index in [9.17, 15) is 4.39 Å². The van der Waals surface area contributed by atoms with E-state index in [2.05, 4.69) is 15.5 Å². The molecule has 0 spiro atoms. The molecule has 1 aliphatic rings. The summed E-state index contributed by atoms with van der Waals surface area (Å²) in [6.45, 7) is 2.72. The first-order valence-corrected chi connectivity index (χ1v) is 7.91. The molecule has 4 rings (SSSR count). The van der Waals surface area contributed by atoms with Crippen molar-refractivity contribution in [1.29, 1.82) is 0 Å². The van der Waals surface area contributed by atoms with Crippen LogP contribution in [0.5, 0.6) is 11.5 Å². The Bertz CT molecular complexity index is 897. The van der Waals surface area contributed by atoms with Gasteiger partial charge in [0.15, 0.2) is 11.5 Å². The van der Waals surface area contributed by atoms with Gasteiger partial charge in [0.1, 0.15) is 5.82 Å². The van der Waals surface area contributed by atoms with E-state index in [1.54, 1.807) is 12.1 Å². The number of nitrogens with zero attached hydrogens (tertiary/aromatic N) is 2. The number of ether oxygens (including phenoxy) is 2. The van der Waals surface area contributed by atoms with Crippen LogP contribution >= 0.6 is 0 Å². The minimum Gasteiger partial charge on any atom is -0.454 e. The topological polar surface area (TPSA) is 69.4 Å². The van der Waals surface area contributed by atoms with Gasteiger partial charge in [0.05, 0.1) is 6.04 Å². The molecule has 25 heavy (non-hydrogen) atoms. The van der Waals surface area contributed by atoms with Crippen molar-refractivity contribution in [2.75, 3.05) is 6.79 Å². The van der Waals surface area contributed by atoms with Crippen molar-refractivity contribution in [2.24, 2.45) is 0 Å². The van der Waals surface area contributed by atoms with Crippen LogP contribution in [0.3, 0.4) is 0 Å². The maximum absolute atomic E-state index is 13.3. The fourth-order valence-electron chi connectivity index (χ4n) is 2.64. The zero-order chi connectivity index (χ0) is 17.2. The van der Waals surface area contributed by atoms with Crippen LogP contribution in [-0.4, -0.2) is 16.9 Å². The molecule has 7 heteroatoms. The van der Waals surface area contributed by atoms with Crippen molar-refractivity contribution >= 4 is 0 Å². The molecule has 1 aliphatic heterocycles. The summed E-state index contributed by atoms with van der Waals surface area (Å²) in [5, 5.41) is 7.24. The summed E-state index contributed by atoms with van der Waals surface area (Å²) in [6, 6.07) is 11.7. The second-order valence-electron chi connectivity index (χ2n) is 5.72. The van der Waals surface area contributed by atoms with E-state index < -0.39 is 0 Å². The highest BCUT2D eigenvalue weighted by molar-refractivity contribution is 5.54. The first kappa shape index (κ1) is 15.6. The molecule has 0 amide bonds. The third kappa shape index (κ3) is 3.18. The summed E-state index contributed by atoms with van der Waals surface area (Å²) >= 11 is 0. The number of benzene rings is 2. The Kier molecular flexibility index (Phi) is 4.07. The second kappa shape index (κ2) is 6.52. The molecule has 6 nitrogen and oxygen atoms in total. The molecule has 0 aliphatic carbocycles. The number of hydrogen-bond donors (Lipinski definition) is 1. The summed E-state index contributed by atoms with van der Waals surface area (Å²) in [4.78, 5) is 4.34. The number of halogens is 1. The van der Waals surface area contributed by atoms with E-state index in [1.807, 2.05) is 25.1 Å². The van der Waals surface area contributed by atoms with E-state index in [-0.39, 0.29) is 18.7 Å². The predicted octanol–water partition coefficient (Wildman–Crippen LogP) is 3.46. The van der Waals surface area contributed by atoms with Gasteiger partial charge in [0.2, 0.25) is 18.5 Å². The van der Waals surface area contributed by atoms with Crippen LogP contribution in [0.15, 0.2) is 47.0 Å². The van der Waals surface area contributed by atoms with Crippen LogP contribution in [0.4, 0.5) is 4.39 Å². The lowest BCUT2D eigenvalue weighted by Gasteiger charge is -2.11. The van der Waals surface area contributed by atoms with E-state index >= 15 is 0 Å². The van der Waals surface area contributed by atoms with Crippen LogP contribution < -0.4 is 14.8 Å². The fraction of sp³-hybridized carbons (Fsp3) is 0.222. The Morgan fingerprint density at radius 2 is 2.08 bits per heavy atom. The molecular weight excluding hydrogens is 325 g/mol. The summed E-state index contributed by atoms with van der Waals surface area (Å²) < 4.78 is 29.5. The Hall–Kier alpha value is -2.93. The first-order valence-electron chi connectivity index (χ1n) is 7.91. The van der Waals surface area contributed by atoms with Crippen molar-refractivity contribution in [3.05, 3.63) is 59.7 Å². The molecular formula is C18H16FN3O3. The molecule has 2 aromatic carbocycles. The zero-order valence-electron chi connectivity index (χ0n) is 13.5. The van der Waals surface area contributed by atoms with Crippen molar-refractivity contribution in [2.45, 2.75) is 19.5 Å². The third-order valence-corrected chi connectivity index (χ3v) is 3.97. The van der Waals surface area contributed by atoms with Gasteiger partial charge >= 0.3 is 0 Å². The molecule has 1 N–H and O–H groups in total. The molecule has 1 atom stereocenters. The first-order chi connectivity index (χ1) is 12.2. The normalized spacial score (nSPS) is 13.8.